The lowest BCUT2D eigenvalue weighted by molar-refractivity contribution is -0.144. The van der Waals surface area contributed by atoms with E-state index in [0.29, 0.717) is 13.0 Å². The second-order valence-corrected chi connectivity index (χ2v) is 4.79. The van der Waals surface area contributed by atoms with E-state index in [2.05, 4.69) is 30.3 Å². The molecule has 0 atom stereocenters. The Morgan fingerprint density at radius 2 is 1.89 bits per heavy atom. The van der Waals surface area contributed by atoms with Crippen LogP contribution in [-0.2, 0) is 22.6 Å². The minimum atomic E-state index is -0.145. The lowest BCUT2D eigenvalue weighted by Crippen LogP contribution is -2.04. The quantitative estimate of drug-likeness (QED) is 0.664. The highest BCUT2D eigenvalue weighted by Crippen LogP contribution is 2.38. The summed E-state index contributed by atoms with van der Waals surface area (Å²) >= 11 is 0. The van der Waals surface area contributed by atoms with E-state index < -0.39 is 0 Å². The van der Waals surface area contributed by atoms with Crippen molar-refractivity contribution in [2.75, 3.05) is 0 Å². The molecule has 0 saturated carbocycles. The summed E-state index contributed by atoms with van der Waals surface area (Å²) in [6.07, 6.45) is 1.36. The maximum absolute atomic E-state index is 11.3. The van der Waals surface area contributed by atoms with E-state index in [1.807, 2.05) is 19.1 Å². The SMILES string of the molecule is CCC(=O)OCc1cccc2c1Cc1ccccc1-2. The van der Waals surface area contributed by atoms with Crippen LogP contribution in [0, 0.1) is 0 Å². The first kappa shape index (κ1) is 12.0. The molecule has 0 N–H and O–H groups in total. The second kappa shape index (κ2) is 4.88. The minimum absolute atomic E-state index is 0.145. The van der Waals surface area contributed by atoms with Gasteiger partial charge in [0.15, 0.2) is 0 Å². The molecule has 2 aromatic carbocycles. The molecule has 96 valence electrons. The summed E-state index contributed by atoms with van der Waals surface area (Å²) in [5, 5.41) is 0. The van der Waals surface area contributed by atoms with Crippen molar-refractivity contribution in [3.05, 3.63) is 59.2 Å². The van der Waals surface area contributed by atoms with Crippen LogP contribution in [0.1, 0.15) is 30.0 Å². The smallest absolute Gasteiger partial charge is 0.305 e. The topological polar surface area (TPSA) is 26.3 Å². The van der Waals surface area contributed by atoms with Crippen molar-refractivity contribution in [1.29, 1.82) is 0 Å². The summed E-state index contributed by atoms with van der Waals surface area (Å²) in [5.41, 5.74) is 6.36. The average molecular weight is 252 g/mol. The van der Waals surface area contributed by atoms with Gasteiger partial charge < -0.3 is 4.74 Å². The lowest BCUT2D eigenvalue weighted by atomic mass is 10.0. The van der Waals surface area contributed by atoms with E-state index in [4.69, 9.17) is 4.74 Å². The summed E-state index contributed by atoms with van der Waals surface area (Å²) in [5.74, 6) is -0.145. The number of hydrogen-bond donors (Lipinski definition) is 0. The molecule has 2 aromatic rings. The largest absolute Gasteiger partial charge is 0.461 e. The zero-order valence-corrected chi connectivity index (χ0v) is 11.0. The minimum Gasteiger partial charge on any atom is -0.461 e. The van der Waals surface area contributed by atoms with Gasteiger partial charge in [-0.05, 0) is 34.2 Å². The van der Waals surface area contributed by atoms with Crippen LogP contribution in [0.4, 0.5) is 0 Å². The first-order valence-corrected chi connectivity index (χ1v) is 6.64. The zero-order valence-electron chi connectivity index (χ0n) is 11.0. The van der Waals surface area contributed by atoms with Crippen molar-refractivity contribution >= 4 is 5.97 Å². The number of ether oxygens (including phenoxy) is 1. The fourth-order valence-electron chi connectivity index (χ4n) is 2.62. The van der Waals surface area contributed by atoms with Crippen molar-refractivity contribution < 1.29 is 9.53 Å². The van der Waals surface area contributed by atoms with Crippen LogP contribution in [0.2, 0.25) is 0 Å². The normalized spacial score (nSPS) is 11.8. The van der Waals surface area contributed by atoms with Gasteiger partial charge in [-0.25, -0.2) is 0 Å². The van der Waals surface area contributed by atoms with Gasteiger partial charge in [0, 0.05) is 6.42 Å². The van der Waals surface area contributed by atoms with Crippen LogP contribution in [-0.4, -0.2) is 5.97 Å². The molecule has 0 heterocycles. The molecule has 0 aliphatic heterocycles. The van der Waals surface area contributed by atoms with E-state index in [1.54, 1.807) is 0 Å². The van der Waals surface area contributed by atoms with Gasteiger partial charge in [-0.1, -0.05) is 49.4 Å². The van der Waals surface area contributed by atoms with Crippen molar-refractivity contribution in [2.45, 2.75) is 26.4 Å². The fourth-order valence-corrected chi connectivity index (χ4v) is 2.62. The summed E-state index contributed by atoms with van der Waals surface area (Å²) in [7, 11) is 0. The maximum Gasteiger partial charge on any atom is 0.305 e. The molecule has 0 aromatic heterocycles. The molecule has 19 heavy (non-hydrogen) atoms. The number of fused-ring (bicyclic) bond motifs is 3. The Balaban J connectivity index is 1.92. The van der Waals surface area contributed by atoms with Gasteiger partial charge in [-0.2, -0.15) is 0 Å². The van der Waals surface area contributed by atoms with Gasteiger partial charge in [0.2, 0.25) is 0 Å². The Morgan fingerprint density at radius 3 is 2.74 bits per heavy atom. The number of rotatable bonds is 3. The molecule has 2 heteroatoms. The molecular formula is C17H16O2. The average Bonchev–Trinajstić information content (AvgIpc) is 2.84. The highest BCUT2D eigenvalue weighted by Gasteiger charge is 2.20. The Morgan fingerprint density at radius 1 is 1.11 bits per heavy atom. The second-order valence-electron chi connectivity index (χ2n) is 4.79. The Labute approximate surface area is 113 Å². The van der Waals surface area contributed by atoms with Crippen molar-refractivity contribution in [3.8, 4) is 11.1 Å². The number of hydrogen-bond acceptors (Lipinski definition) is 2. The van der Waals surface area contributed by atoms with Crippen LogP contribution < -0.4 is 0 Å². The first-order valence-electron chi connectivity index (χ1n) is 6.64. The summed E-state index contributed by atoms with van der Waals surface area (Å²) in [6, 6.07) is 14.7. The molecule has 0 saturated heterocycles. The Hall–Kier alpha value is -2.09. The van der Waals surface area contributed by atoms with Crippen LogP contribution in [0.25, 0.3) is 11.1 Å². The predicted molar refractivity (Wildman–Crippen MR) is 74.8 cm³/mol. The van der Waals surface area contributed by atoms with E-state index in [9.17, 15) is 4.79 Å². The van der Waals surface area contributed by atoms with Gasteiger partial charge in [-0.15, -0.1) is 0 Å². The fraction of sp³-hybridized carbons (Fsp3) is 0.235. The monoisotopic (exact) mass is 252 g/mol. The summed E-state index contributed by atoms with van der Waals surface area (Å²) in [6.45, 7) is 2.19. The van der Waals surface area contributed by atoms with Crippen LogP contribution >= 0.6 is 0 Å². The number of carbonyl (C=O) groups is 1. The molecule has 0 amide bonds. The highest BCUT2D eigenvalue weighted by molar-refractivity contribution is 5.78. The maximum atomic E-state index is 11.3. The highest BCUT2D eigenvalue weighted by atomic mass is 16.5. The summed E-state index contributed by atoms with van der Waals surface area (Å²) < 4.78 is 5.26. The van der Waals surface area contributed by atoms with Gasteiger partial charge >= 0.3 is 5.97 Å². The van der Waals surface area contributed by atoms with Crippen molar-refractivity contribution in [1.82, 2.24) is 0 Å². The third kappa shape index (κ3) is 2.14. The molecule has 0 radical (unpaired) electrons. The summed E-state index contributed by atoms with van der Waals surface area (Å²) in [4.78, 5) is 11.3. The number of esters is 1. The first-order chi connectivity index (χ1) is 9.29. The van der Waals surface area contributed by atoms with E-state index in [-0.39, 0.29) is 5.97 Å². The molecular weight excluding hydrogens is 236 g/mol. The van der Waals surface area contributed by atoms with Gasteiger partial charge in [0.25, 0.3) is 0 Å². The molecule has 0 spiro atoms. The van der Waals surface area contributed by atoms with E-state index in [1.165, 1.54) is 22.3 Å². The predicted octanol–water partition coefficient (Wildman–Crippen LogP) is 3.71. The van der Waals surface area contributed by atoms with Crippen LogP contribution in [0.3, 0.4) is 0 Å². The Kier molecular flexibility index (Phi) is 3.08. The van der Waals surface area contributed by atoms with Crippen molar-refractivity contribution in [2.24, 2.45) is 0 Å². The molecule has 0 unspecified atom stereocenters. The third-order valence-electron chi connectivity index (χ3n) is 3.63. The molecule has 1 aliphatic rings. The van der Waals surface area contributed by atoms with Gasteiger partial charge in [-0.3, -0.25) is 4.79 Å². The van der Waals surface area contributed by atoms with Crippen LogP contribution in [0.5, 0.6) is 0 Å². The van der Waals surface area contributed by atoms with Crippen molar-refractivity contribution in [3.63, 3.8) is 0 Å². The molecule has 0 fully saturated rings. The number of benzene rings is 2. The molecule has 2 nitrogen and oxygen atoms in total. The lowest BCUT2D eigenvalue weighted by Gasteiger charge is -2.09. The Bertz CT molecular complexity index is 629. The van der Waals surface area contributed by atoms with Gasteiger partial charge in [0.1, 0.15) is 6.61 Å². The van der Waals surface area contributed by atoms with Gasteiger partial charge in [0.05, 0.1) is 0 Å². The molecule has 0 bridgehead atoms. The van der Waals surface area contributed by atoms with E-state index >= 15 is 0 Å². The standard InChI is InChI=1S/C17H16O2/c1-2-17(18)19-11-13-7-5-9-15-14-8-4-3-6-12(14)10-16(13)15/h3-9H,2,10-11H2,1H3. The third-order valence-corrected chi connectivity index (χ3v) is 3.63. The van der Waals surface area contributed by atoms with E-state index in [0.717, 1.165) is 12.0 Å². The molecule has 1 aliphatic carbocycles. The van der Waals surface area contributed by atoms with Crippen LogP contribution in [0.15, 0.2) is 42.5 Å². The zero-order chi connectivity index (χ0) is 13.2. The number of carbonyl (C=O) groups excluding carboxylic acids is 1. The molecule has 3 rings (SSSR count).